The Labute approximate surface area is 272 Å². The maximum absolute atomic E-state index is 12.0. The minimum atomic E-state index is -0.966. The highest BCUT2D eigenvalue weighted by Crippen LogP contribution is 2.26. The van der Waals surface area contributed by atoms with Crippen molar-refractivity contribution in [3.8, 4) is 11.5 Å². The zero-order valence-corrected chi connectivity index (χ0v) is 26.7. The molecule has 234 valence electrons. The zero-order chi connectivity index (χ0) is 32.5. The van der Waals surface area contributed by atoms with Crippen molar-refractivity contribution >= 4 is 35.1 Å². The van der Waals surface area contributed by atoms with E-state index in [0.717, 1.165) is 28.3 Å². The Morgan fingerprint density at radius 2 is 1.36 bits per heavy atom. The van der Waals surface area contributed by atoms with Crippen LogP contribution in [0.15, 0.2) is 91.3 Å². The standard InChI is InChI=1S/C22H22ClNO3.C13H12ClNO3/c1-3-26-22(25)19-11-16(2)24(14-19)13-18-12-20(23)9-10-21(18)27-15-17-7-5-4-6-8-17;1-8-4-10(13(17)18)7-15(8)6-9-5-11(14)2-3-12(9)16/h4-12,14H,3,13,15H2,1-2H3;2-5,7,16H,6H2,1H3,(H,17,18). The highest BCUT2D eigenvalue weighted by molar-refractivity contribution is 6.31. The van der Waals surface area contributed by atoms with Crippen LogP contribution < -0.4 is 4.74 Å². The minimum absolute atomic E-state index is 0.143. The lowest BCUT2D eigenvalue weighted by Gasteiger charge is -2.14. The Hall–Kier alpha value is -4.66. The molecule has 2 heterocycles. The van der Waals surface area contributed by atoms with Crippen LogP contribution in [0.25, 0.3) is 0 Å². The molecule has 0 saturated heterocycles. The van der Waals surface area contributed by atoms with Gasteiger partial charge in [-0.3, -0.25) is 0 Å². The molecule has 5 rings (SSSR count). The summed E-state index contributed by atoms with van der Waals surface area (Å²) < 4.78 is 14.9. The molecule has 0 saturated carbocycles. The fourth-order valence-corrected chi connectivity index (χ4v) is 5.00. The van der Waals surface area contributed by atoms with Crippen LogP contribution >= 0.6 is 23.2 Å². The number of phenols is 1. The molecule has 0 spiro atoms. The molecular formula is C35H34Cl2N2O6. The lowest BCUT2D eigenvalue weighted by atomic mass is 10.2. The number of rotatable bonds is 10. The van der Waals surface area contributed by atoms with E-state index in [-0.39, 0.29) is 17.3 Å². The summed E-state index contributed by atoms with van der Waals surface area (Å²) in [4.78, 5) is 22.8. The Balaban J connectivity index is 0.000000222. The quantitative estimate of drug-likeness (QED) is 0.148. The summed E-state index contributed by atoms with van der Waals surface area (Å²) in [6.45, 7) is 7.33. The molecule has 0 amide bonds. The third kappa shape index (κ3) is 9.17. The van der Waals surface area contributed by atoms with Crippen LogP contribution in [0.4, 0.5) is 0 Å². The van der Waals surface area contributed by atoms with Gasteiger partial charge in [0, 0.05) is 45.0 Å². The van der Waals surface area contributed by atoms with Gasteiger partial charge in [0.05, 0.1) is 30.8 Å². The van der Waals surface area contributed by atoms with Crippen molar-refractivity contribution in [3.63, 3.8) is 0 Å². The van der Waals surface area contributed by atoms with Crippen LogP contribution in [0.2, 0.25) is 10.0 Å². The maximum atomic E-state index is 12.0. The number of hydrogen-bond acceptors (Lipinski definition) is 5. The van der Waals surface area contributed by atoms with Gasteiger partial charge in [-0.05, 0) is 74.9 Å². The number of esters is 1. The SMILES string of the molecule is CCOC(=O)c1cc(C)n(Cc2cc(Cl)ccc2OCc2ccccc2)c1.Cc1cc(C(=O)O)cn1Cc1cc(Cl)ccc1O. The highest BCUT2D eigenvalue weighted by atomic mass is 35.5. The number of carboxylic acids is 1. The van der Waals surface area contributed by atoms with E-state index in [4.69, 9.17) is 37.8 Å². The number of aromatic hydroxyl groups is 1. The van der Waals surface area contributed by atoms with Crippen LogP contribution in [0.5, 0.6) is 11.5 Å². The molecule has 3 aromatic carbocycles. The molecule has 0 aliphatic rings. The molecule has 45 heavy (non-hydrogen) atoms. The van der Waals surface area contributed by atoms with Crippen molar-refractivity contribution < 1.29 is 29.3 Å². The number of ether oxygens (including phenoxy) is 2. The van der Waals surface area contributed by atoms with Crippen LogP contribution in [0, 0.1) is 13.8 Å². The fourth-order valence-electron chi connectivity index (χ4n) is 4.61. The summed E-state index contributed by atoms with van der Waals surface area (Å²) in [6.07, 6.45) is 3.34. The Kier molecular flexibility index (Phi) is 11.4. The summed E-state index contributed by atoms with van der Waals surface area (Å²) in [7, 11) is 0. The van der Waals surface area contributed by atoms with E-state index in [9.17, 15) is 14.7 Å². The van der Waals surface area contributed by atoms with Crippen molar-refractivity contribution in [3.05, 3.63) is 141 Å². The first-order valence-corrected chi connectivity index (χ1v) is 15.0. The number of carboxylic acid groups (broad SMARTS) is 1. The van der Waals surface area contributed by atoms with Crippen LogP contribution in [0.3, 0.4) is 0 Å². The number of phenolic OH excluding ortho intramolecular Hbond substituents is 1. The molecule has 0 unspecified atom stereocenters. The molecule has 0 aliphatic carbocycles. The smallest absolute Gasteiger partial charge is 0.339 e. The highest BCUT2D eigenvalue weighted by Gasteiger charge is 2.14. The van der Waals surface area contributed by atoms with E-state index in [1.807, 2.05) is 73.0 Å². The Morgan fingerprint density at radius 1 is 0.778 bits per heavy atom. The van der Waals surface area contributed by atoms with E-state index in [1.54, 1.807) is 35.9 Å². The largest absolute Gasteiger partial charge is 0.508 e. The van der Waals surface area contributed by atoms with E-state index in [2.05, 4.69) is 0 Å². The number of nitrogens with zero attached hydrogens (tertiary/aromatic N) is 2. The molecule has 0 fully saturated rings. The first-order valence-electron chi connectivity index (χ1n) is 14.2. The number of aryl methyl sites for hydroxylation is 2. The summed E-state index contributed by atoms with van der Waals surface area (Å²) in [6, 6.07) is 23.8. The van der Waals surface area contributed by atoms with Gasteiger partial charge in [0.15, 0.2) is 0 Å². The number of benzene rings is 3. The molecule has 0 bridgehead atoms. The average Bonchev–Trinajstić information content (AvgIpc) is 3.57. The fraction of sp³-hybridized carbons (Fsp3) is 0.200. The number of aromatic carboxylic acids is 1. The molecule has 10 heteroatoms. The molecule has 5 aromatic rings. The van der Waals surface area contributed by atoms with Gasteiger partial charge in [-0.2, -0.15) is 0 Å². The second-order valence-corrected chi connectivity index (χ2v) is 11.2. The number of hydrogen-bond donors (Lipinski definition) is 2. The molecule has 2 aromatic heterocycles. The summed E-state index contributed by atoms with van der Waals surface area (Å²) in [5.41, 5.74) is 5.25. The van der Waals surface area contributed by atoms with E-state index in [1.165, 1.54) is 12.3 Å². The molecule has 2 N–H and O–H groups in total. The van der Waals surface area contributed by atoms with Crippen molar-refractivity contribution in [2.75, 3.05) is 6.61 Å². The molecule has 0 radical (unpaired) electrons. The maximum Gasteiger partial charge on any atom is 0.339 e. The van der Waals surface area contributed by atoms with Gasteiger partial charge >= 0.3 is 11.9 Å². The topological polar surface area (TPSA) is 103 Å². The molecule has 8 nitrogen and oxygen atoms in total. The Morgan fingerprint density at radius 3 is 1.98 bits per heavy atom. The van der Waals surface area contributed by atoms with Crippen molar-refractivity contribution in [1.82, 2.24) is 9.13 Å². The second-order valence-electron chi connectivity index (χ2n) is 10.3. The first-order chi connectivity index (χ1) is 21.5. The van der Waals surface area contributed by atoms with E-state index < -0.39 is 5.97 Å². The molecule has 0 atom stereocenters. The van der Waals surface area contributed by atoms with Gasteiger partial charge in [-0.25, -0.2) is 9.59 Å². The van der Waals surface area contributed by atoms with Gasteiger partial charge in [0.1, 0.15) is 18.1 Å². The first kappa shape index (κ1) is 33.2. The Bertz CT molecular complexity index is 1780. The lowest BCUT2D eigenvalue weighted by molar-refractivity contribution is 0.0525. The van der Waals surface area contributed by atoms with Crippen LogP contribution in [-0.4, -0.2) is 37.9 Å². The van der Waals surface area contributed by atoms with Gasteiger partial charge in [-0.1, -0.05) is 53.5 Å². The number of carbonyl (C=O) groups excluding carboxylic acids is 1. The molecule has 0 aliphatic heterocycles. The second kappa shape index (κ2) is 15.4. The zero-order valence-electron chi connectivity index (χ0n) is 25.2. The van der Waals surface area contributed by atoms with Crippen molar-refractivity contribution in [1.29, 1.82) is 0 Å². The monoisotopic (exact) mass is 648 g/mol. The molecular weight excluding hydrogens is 615 g/mol. The van der Waals surface area contributed by atoms with E-state index >= 15 is 0 Å². The normalized spacial score (nSPS) is 10.6. The van der Waals surface area contributed by atoms with Crippen LogP contribution in [-0.2, 0) is 24.4 Å². The predicted octanol–water partition coefficient (Wildman–Crippen LogP) is 8.16. The van der Waals surface area contributed by atoms with Crippen molar-refractivity contribution in [2.24, 2.45) is 0 Å². The number of aromatic nitrogens is 2. The van der Waals surface area contributed by atoms with Gasteiger partial charge in [0.2, 0.25) is 0 Å². The third-order valence-corrected chi connectivity index (χ3v) is 7.44. The summed E-state index contributed by atoms with van der Waals surface area (Å²) in [5, 5.41) is 19.8. The lowest BCUT2D eigenvalue weighted by Crippen LogP contribution is -2.05. The summed E-state index contributed by atoms with van der Waals surface area (Å²) >= 11 is 12.1. The van der Waals surface area contributed by atoms with Gasteiger partial charge in [0.25, 0.3) is 0 Å². The average molecular weight is 650 g/mol. The predicted molar refractivity (Wildman–Crippen MR) is 175 cm³/mol. The van der Waals surface area contributed by atoms with Gasteiger partial charge < -0.3 is 28.8 Å². The third-order valence-electron chi connectivity index (χ3n) is 6.97. The summed E-state index contributed by atoms with van der Waals surface area (Å²) in [5.74, 6) is -0.364. The van der Waals surface area contributed by atoms with E-state index in [0.29, 0.717) is 47.5 Å². The van der Waals surface area contributed by atoms with Crippen LogP contribution in [0.1, 0.15) is 55.7 Å². The number of carbonyl (C=O) groups is 2. The van der Waals surface area contributed by atoms with Crippen molar-refractivity contribution in [2.45, 2.75) is 40.5 Å². The van der Waals surface area contributed by atoms with Gasteiger partial charge in [-0.15, -0.1) is 0 Å². The number of halogens is 2. The minimum Gasteiger partial charge on any atom is -0.508 e.